The molecular weight excluding hydrogens is 261 g/mol. The van der Waals surface area contributed by atoms with Crippen LogP contribution in [-0.4, -0.2) is 19.7 Å². The van der Waals surface area contributed by atoms with Crippen LogP contribution in [0.5, 0.6) is 5.75 Å². The van der Waals surface area contributed by atoms with E-state index in [1.165, 1.54) is 0 Å². The van der Waals surface area contributed by atoms with Crippen LogP contribution < -0.4 is 4.74 Å². The highest BCUT2D eigenvalue weighted by Gasteiger charge is 2.34. The van der Waals surface area contributed by atoms with Gasteiger partial charge in [0.05, 0.1) is 19.3 Å². The average molecular weight is 272 g/mol. The molecule has 0 amide bonds. The summed E-state index contributed by atoms with van der Waals surface area (Å²) in [6.07, 6.45) is -4.50. The fraction of sp³-hybridized carbons (Fsp3) is 0.308. The Labute approximate surface area is 108 Å². The number of carbonyl (C=O) groups is 1. The number of methoxy groups -OCH3 is 1. The quantitative estimate of drug-likeness (QED) is 0.613. The molecule has 0 atom stereocenters. The molecule has 0 aliphatic heterocycles. The summed E-state index contributed by atoms with van der Waals surface area (Å²) >= 11 is 0. The van der Waals surface area contributed by atoms with Gasteiger partial charge in [-0.15, -0.1) is 0 Å². The van der Waals surface area contributed by atoms with Crippen molar-refractivity contribution in [1.29, 1.82) is 0 Å². The maximum absolute atomic E-state index is 12.6. The van der Waals surface area contributed by atoms with Crippen LogP contribution in [0.4, 0.5) is 13.2 Å². The number of hydrogen-bond acceptors (Lipinski definition) is 3. The van der Waals surface area contributed by atoms with Crippen molar-refractivity contribution in [2.75, 3.05) is 13.7 Å². The summed E-state index contributed by atoms with van der Waals surface area (Å²) in [5.74, 6) is 3.49. The minimum Gasteiger partial charge on any atom is -0.496 e. The van der Waals surface area contributed by atoms with Crippen LogP contribution in [0, 0.1) is 11.8 Å². The molecule has 0 N–H and O–H groups in total. The Bertz CT molecular complexity index is 524. The van der Waals surface area contributed by atoms with E-state index in [0.717, 1.165) is 25.3 Å². The lowest BCUT2D eigenvalue weighted by Crippen LogP contribution is -2.07. The molecule has 0 fully saturated rings. The molecule has 3 nitrogen and oxygen atoms in total. The second-order valence-electron chi connectivity index (χ2n) is 3.38. The molecule has 0 saturated heterocycles. The van der Waals surface area contributed by atoms with Crippen LogP contribution in [0.3, 0.4) is 0 Å². The molecular formula is C13H11F3O3. The van der Waals surface area contributed by atoms with E-state index in [2.05, 4.69) is 21.3 Å². The number of rotatable bonds is 2. The maximum atomic E-state index is 12.6. The lowest BCUT2D eigenvalue weighted by molar-refractivity contribution is -0.139. The smallest absolute Gasteiger partial charge is 0.419 e. The van der Waals surface area contributed by atoms with Crippen molar-refractivity contribution >= 4 is 5.97 Å². The van der Waals surface area contributed by atoms with Crippen LogP contribution in [0.25, 0.3) is 0 Å². The molecule has 1 aromatic carbocycles. The molecule has 102 valence electrons. The summed E-state index contributed by atoms with van der Waals surface area (Å²) in [5, 5.41) is 0. The predicted octanol–water partition coefficient (Wildman–Crippen LogP) is 2.63. The van der Waals surface area contributed by atoms with E-state index in [1.807, 2.05) is 0 Å². The number of benzene rings is 1. The highest BCUT2D eigenvalue weighted by atomic mass is 19.4. The maximum Gasteiger partial charge on any atom is 0.419 e. The van der Waals surface area contributed by atoms with Crippen molar-refractivity contribution in [3.8, 4) is 17.6 Å². The predicted molar refractivity (Wildman–Crippen MR) is 61.5 cm³/mol. The number of hydrogen-bond donors (Lipinski definition) is 0. The first-order valence-electron chi connectivity index (χ1n) is 5.32. The summed E-state index contributed by atoms with van der Waals surface area (Å²) in [5.41, 5.74) is -0.658. The van der Waals surface area contributed by atoms with Crippen molar-refractivity contribution in [1.82, 2.24) is 0 Å². The van der Waals surface area contributed by atoms with Crippen LogP contribution in [-0.2, 0) is 15.7 Å². The molecule has 0 radical (unpaired) electrons. The Hall–Kier alpha value is -2.16. The van der Waals surface area contributed by atoms with Crippen LogP contribution in [0.15, 0.2) is 18.2 Å². The van der Waals surface area contributed by atoms with Gasteiger partial charge >= 0.3 is 12.1 Å². The zero-order chi connectivity index (χ0) is 14.5. The van der Waals surface area contributed by atoms with Gasteiger partial charge in [0, 0.05) is 11.5 Å². The van der Waals surface area contributed by atoms with Gasteiger partial charge in [-0.25, -0.2) is 4.79 Å². The largest absolute Gasteiger partial charge is 0.496 e. The van der Waals surface area contributed by atoms with Gasteiger partial charge in [0.1, 0.15) is 5.75 Å². The van der Waals surface area contributed by atoms with Gasteiger partial charge < -0.3 is 9.47 Å². The molecule has 0 heterocycles. The van der Waals surface area contributed by atoms with E-state index in [1.54, 1.807) is 6.92 Å². The Morgan fingerprint density at radius 2 is 2.05 bits per heavy atom. The van der Waals surface area contributed by atoms with Gasteiger partial charge in [0.2, 0.25) is 0 Å². The first-order chi connectivity index (χ1) is 8.88. The third-order valence-corrected chi connectivity index (χ3v) is 2.09. The monoisotopic (exact) mass is 272 g/mol. The zero-order valence-electron chi connectivity index (χ0n) is 10.3. The molecule has 0 spiro atoms. The molecule has 0 aliphatic carbocycles. The van der Waals surface area contributed by atoms with E-state index >= 15 is 0 Å². The molecule has 1 rings (SSSR count). The zero-order valence-corrected chi connectivity index (χ0v) is 10.3. The molecule has 0 unspecified atom stereocenters. The van der Waals surface area contributed by atoms with Gasteiger partial charge in [0.15, 0.2) is 0 Å². The summed E-state index contributed by atoms with van der Waals surface area (Å²) in [4.78, 5) is 11.0. The number of ether oxygens (including phenoxy) is 2. The van der Waals surface area contributed by atoms with Crippen LogP contribution in [0.2, 0.25) is 0 Å². The number of esters is 1. The van der Waals surface area contributed by atoms with Crippen LogP contribution >= 0.6 is 0 Å². The molecule has 0 bridgehead atoms. The minimum atomic E-state index is -4.50. The van der Waals surface area contributed by atoms with Gasteiger partial charge in [0.25, 0.3) is 0 Å². The normalized spacial score (nSPS) is 10.4. The molecule has 0 aliphatic rings. The fourth-order valence-corrected chi connectivity index (χ4v) is 1.29. The third kappa shape index (κ3) is 4.21. The highest BCUT2D eigenvalue weighted by Crippen LogP contribution is 2.36. The highest BCUT2D eigenvalue weighted by molar-refractivity contribution is 5.89. The van der Waals surface area contributed by atoms with Gasteiger partial charge in [-0.1, -0.05) is 5.92 Å². The molecule has 1 aromatic rings. The second-order valence-corrected chi connectivity index (χ2v) is 3.38. The van der Waals surface area contributed by atoms with Gasteiger partial charge in [-0.05, 0) is 25.1 Å². The lowest BCUT2D eigenvalue weighted by Gasteiger charge is -2.11. The Morgan fingerprint density at radius 1 is 1.37 bits per heavy atom. The van der Waals surface area contributed by atoms with E-state index in [0.29, 0.717) is 0 Å². The SMILES string of the molecule is CCOC(=O)C#Cc1ccc(C(F)(F)F)c(OC)c1. The molecule has 19 heavy (non-hydrogen) atoms. The minimum absolute atomic E-state index is 0.184. The van der Waals surface area contributed by atoms with Crippen molar-refractivity contribution in [3.63, 3.8) is 0 Å². The third-order valence-electron chi connectivity index (χ3n) is 2.09. The van der Waals surface area contributed by atoms with Crippen molar-refractivity contribution in [3.05, 3.63) is 29.3 Å². The Morgan fingerprint density at radius 3 is 2.58 bits per heavy atom. The molecule has 0 saturated carbocycles. The van der Waals surface area contributed by atoms with Crippen LogP contribution in [0.1, 0.15) is 18.1 Å². The van der Waals surface area contributed by atoms with Gasteiger partial charge in [-0.3, -0.25) is 0 Å². The second kappa shape index (κ2) is 6.14. The first-order valence-corrected chi connectivity index (χ1v) is 5.32. The molecule has 0 aromatic heterocycles. The summed E-state index contributed by atoms with van der Waals surface area (Å²) < 4.78 is 47.0. The summed E-state index contributed by atoms with van der Waals surface area (Å²) in [7, 11) is 1.13. The van der Waals surface area contributed by atoms with E-state index in [4.69, 9.17) is 0 Å². The Balaban J connectivity index is 3.04. The fourth-order valence-electron chi connectivity index (χ4n) is 1.29. The van der Waals surface area contributed by atoms with Crippen molar-refractivity contribution < 1.29 is 27.4 Å². The Kier molecular flexibility index (Phi) is 4.81. The number of carbonyl (C=O) groups excluding carboxylic acids is 1. The van der Waals surface area contributed by atoms with Crippen molar-refractivity contribution in [2.24, 2.45) is 0 Å². The summed E-state index contributed by atoms with van der Waals surface area (Å²) in [6, 6.07) is 3.14. The molecule has 6 heteroatoms. The van der Waals surface area contributed by atoms with E-state index < -0.39 is 17.7 Å². The first kappa shape index (κ1) is 14.9. The standard InChI is InChI=1S/C13H11F3O3/c1-3-19-12(17)7-5-9-4-6-10(13(14,15)16)11(8-9)18-2/h4,6,8H,3H2,1-2H3. The topological polar surface area (TPSA) is 35.5 Å². The number of alkyl halides is 3. The number of halogens is 3. The summed E-state index contributed by atoms with van der Waals surface area (Å²) in [6.45, 7) is 1.81. The van der Waals surface area contributed by atoms with E-state index in [-0.39, 0.29) is 17.9 Å². The van der Waals surface area contributed by atoms with E-state index in [9.17, 15) is 18.0 Å². The average Bonchev–Trinajstić information content (AvgIpc) is 2.35. The lowest BCUT2D eigenvalue weighted by atomic mass is 10.1. The van der Waals surface area contributed by atoms with Crippen molar-refractivity contribution in [2.45, 2.75) is 13.1 Å². The van der Waals surface area contributed by atoms with Gasteiger partial charge in [-0.2, -0.15) is 13.2 Å².